The summed E-state index contributed by atoms with van der Waals surface area (Å²) in [5, 5.41) is 11.6. The second-order valence-corrected chi connectivity index (χ2v) is 22.1. The molecule has 0 aliphatic carbocycles. The Labute approximate surface area is 436 Å². The van der Waals surface area contributed by atoms with E-state index in [1.165, 1.54) is 142 Å². The molecule has 0 spiro atoms. The van der Waals surface area contributed by atoms with Crippen molar-refractivity contribution in [3.05, 3.63) is 36.5 Å². The molecular weight excluding hydrogens is 863 g/mol. The van der Waals surface area contributed by atoms with Crippen LogP contribution in [0.4, 0.5) is 0 Å². The van der Waals surface area contributed by atoms with E-state index in [0.717, 1.165) is 129 Å². The number of methoxy groups -OCH3 is 1. The number of aliphatic hydroxyl groups is 1. The zero-order valence-corrected chi connectivity index (χ0v) is 47.8. The number of rotatable bonds is 48. The van der Waals surface area contributed by atoms with Crippen molar-refractivity contribution in [3.8, 4) is 0 Å². The Morgan fingerprint density at radius 2 is 1.04 bits per heavy atom. The van der Waals surface area contributed by atoms with E-state index in [2.05, 4.69) is 92.7 Å². The van der Waals surface area contributed by atoms with Crippen molar-refractivity contribution in [1.29, 1.82) is 0 Å². The second-order valence-electron chi connectivity index (χ2n) is 22.1. The Balaban J connectivity index is 2.88. The number of nitrogens with zero attached hydrogens (tertiary/aromatic N) is 3. The molecule has 7 heteroatoms. The fourth-order valence-corrected chi connectivity index (χ4v) is 10.7. The molecule has 1 N–H and O–H groups in total. The number of esters is 1. The van der Waals surface area contributed by atoms with Crippen LogP contribution in [0.5, 0.6) is 0 Å². The van der Waals surface area contributed by atoms with Gasteiger partial charge in [0.25, 0.3) is 0 Å². The topological polar surface area (TPSA) is 73.3 Å². The molecule has 0 radical (unpaired) electrons. The lowest BCUT2D eigenvalue weighted by Crippen LogP contribution is -2.36. The van der Waals surface area contributed by atoms with Crippen LogP contribution in [0.2, 0.25) is 0 Å². The lowest BCUT2D eigenvalue weighted by Gasteiger charge is -2.29. The third-order valence-electron chi connectivity index (χ3n) is 15.8. The van der Waals surface area contributed by atoms with E-state index in [4.69, 9.17) is 4.74 Å². The summed E-state index contributed by atoms with van der Waals surface area (Å²) < 4.78 is 4.81. The Morgan fingerprint density at radius 1 is 0.557 bits per heavy atom. The highest BCUT2D eigenvalue weighted by Crippen LogP contribution is 2.31. The van der Waals surface area contributed by atoms with Gasteiger partial charge in [-0.25, -0.2) is 0 Å². The Bertz CT molecular complexity index is 1240. The van der Waals surface area contributed by atoms with E-state index in [1.807, 2.05) is 0 Å². The molecule has 0 aromatic carbocycles. The van der Waals surface area contributed by atoms with Crippen molar-refractivity contribution in [2.75, 3.05) is 59.5 Å². The van der Waals surface area contributed by atoms with E-state index in [1.54, 1.807) is 0 Å². The van der Waals surface area contributed by atoms with Crippen molar-refractivity contribution in [3.63, 3.8) is 0 Å². The second kappa shape index (κ2) is 48.0. The third kappa shape index (κ3) is 37.7. The van der Waals surface area contributed by atoms with E-state index >= 15 is 0 Å². The number of aliphatic hydroxyl groups excluding tert-OH is 1. The number of allylic oxidation sites excluding steroid dienone is 4. The number of likely N-dealkylation sites (tertiary alicyclic amines) is 1. The number of carbonyl (C=O) groups excluding carboxylic acids is 2. The quantitative estimate of drug-likeness (QED) is 0.0372. The summed E-state index contributed by atoms with van der Waals surface area (Å²) in [6, 6.07) is 0. The van der Waals surface area contributed by atoms with Crippen LogP contribution >= 0.6 is 0 Å². The molecule has 0 aromatic rings. The van der Waals surface area contributed by atoms with E-state index < -0.39 is 0 Å². The van der Waals surface area contributed by atoms with Gasteiger partial charge in [-0.2, -0.15) is 0 Å². The summed E-state index contributed by atoms with van der Waals surface area (Å²) in [5.74, 6) is 2.32. The monoisotopic (exact) mass is 982 g/mol. The lowest BCUT2D eigenvalue weighted by atomic mass is 9.83. The van der Waals surface area contributed by atoms with Gasteiger partial charge in [0.2, 0.25) is 5.91 Å². The smallest absolute Gasteiger partial charge is 0.305 e. The fraction of sp³-hybridized carbons (Fsp3) is 0.873. The van der Waals surface area contributed by atoms with Crippen LogP contribution in [-0.2, 0) is 14.3 Å². The maximum Gasteiger partial charge on any atom is 0.305 e. The van der Waals surface area contributed by atoms with Gasteiger partial charge in [-0.05, 0) is 159 Å². The minimum absolute atomic E-state index is 0.106. The summed E-state index contributed by atoms with van der Waals surface area (Å²) >= 11 is 0. The van der Waals surface area contributed by atoms with Crippen LogP contribution in [0.1, 0.15) is 266 Å². The van der Waals surface area contributed by atoms with Crippen LogP contribution in [0.25, 0.3) is 0 Å². The predicted octanol–water partition coefficient (Wildman–Crippen LogP) is 16.9. The molecule has 1 heterocycles. The van der Waals surface area contributed by atoms with Gasteiger partial charge in [-0.3, -0.25) is 9.59 Å². The van der Waals surface area contributed by atoms with Crippen molar-refractivity contribution in [2.45, 2.75) is 272 Å². The number of ether oxygens (including phenoxy) is 1. The van der Waals surface area contributed by atoms with E-state index in [0.29, 0.717) is 42.4 Å². The first-order chi connectivity index (χ1) is 34.2. The molecule has 5 atom stereocenters. The van der Waals surface area contributed by atoms with Gasteiger partial charge in [-0.15, -0.1) is 0 Å². The number of amides is 1. The predicted molar refractivity (Wildman–Crippen MR) is 305 cm³/mol. The average molecular weight is 983 g/mol. The summed E-state index contributed by atoms with van der Waals surface area (Å²) in [6.45, 7) is 21.9. The maximum atomic E-state index is 14.1. The zero-order chi connectivity index (χ0) is 51.1. The van der Waals surface area contributed by atoms with Gasteiger partial charge < -0.3 is 24.5 Å². The number of unbranched alkanes of at least 4 members (excludes halogenated alkanes) is 19. The van der Waals surface area contributed by atoms with Crippen molar-refractivity contribution in [2.24, 2.45) is 23.7 Å². The Morgan fingerprint density at radius 3 is 1.60 bits per heavy atom. The fourth-order valence-electron chi connectivity index (χ4n) is 10.7. The van der Waals surface area contributed by atoms with Crippen molar-refractivity contribution < 1.29 is 19.4 Å². The van der Waals surface area contributed by atoms with Gasteiger partial charge in [0.05, 0.1) is 13.2 Å². The highest BCUT2D eigenvalue weighted by atomic mass is 16.5. The normalized spacial score (nSPS) is 17.1. The first-order valence-corrected chi connectivity index (χ1v) is 30.6. The molecular formula is C63H119N3O4. The molecule has 1 fully saturated rings. The zero-order valence-electron chi connectivity index (χ0n) is 47.8. The Kier molecular flexibility index (Phi) is 45.3. The highest BCUT2D eigenvalue weighted by molar-refractivity contribution is 5.76. The van der Waals surface area contributed by atoms with E-state index in [-0.39, 0.29) is 12.1 Å². The van der Waals surface area contributed by atoms with E-state index in [9.17, 15) is 14.7 Å². The third-order valence-corrected chi connectivity index (χ3v) is 15.8. The van der Waals surface area contributed by atoms with Crippen LogP contribution < -0.4 is 0 Å². The molecule has 1 saturated heterocycles. The maximum absolute atomic E-state index is 14.1. The summed E-state index contributed by atoms with van der Waals surface area (Å²) in [4.78, 5) is 33.1. The van der Waals surface area contributed by atoms with Crippen LogP contribution in [0, 0.1) is 23.7 Å². The molecule has 410 valence electrons. The Hall–Kier alpha value is -1.96. The summed E-state index contributed by atoms with van der Waals surface area (Å²) in [7, 11) is 1.47. The number of hydrogen-bond donors (Lipinski definition) is 1. The standard InChI is InChI=1S/C63H119N3O4/c1-8-12-16-20-24-29-35-41-59(57(5)45-52-64(48-37-31-25-21-17-13-9-2)49-38-32-26-22-18-14-10-3)43-44-62(68)66-53-46-58(6)60(47-54-66)55-61(67)56-65(50-39-33-27-23-19-15-11-4)51-40-34-28-30-36-42-63(69)70-7/h24-26,29,31-32,57-61,67H,8-23,27-28,30,33-56H2,1-7H3/b29-24-,31-25-,32-26-. The average Bonchev–Trinajstić information content (AvgIpc) is 3.54. The van der Waals surface area contributed by atoms with Gasteiger partial charge in [0.1, 0.15) is 0 Å². The number of carbonyl (C=O) groups is 2. The molecule has 5 unspecified atom stereocenters. The highest BCUT2D eigenvalue weighted by Gasteiger charge is 2.29. The molecule has 1 aliphatic heterocycles. The van der Waals surface area contributed by atoms with Crippen molar-refractivity contribution in [1.82, 2.24) is 14.7 Å². The number of hydrogen-bond acceptors (Lipinski definition) is 6. The van der Waals surface area contributed by atoms with Crippen LogP contribution in [0.15, 0.2) is 36.5 Å². The lowest BCUT2D eigenvalue weighted by molar-refractivity contribution is -0.140. The minimum atomic E-state index is -0.336. The molecule has 0 bridgehead atoms. The first kappa shape index (κ1) is 66.1. The largest absolute Gasteiger partial charge is 0.469 e. The molecule has 0 saturated carbocycles. The van der Waals surface area contributed by atoms with Gasteiger partial charge in [0.15, 0.2) is 0 Å². The van der Waals surface area contributed by atoms with Gasteiger partial charge >= 0.3 is 5.97 Å². The van der Waals surface area contributed by atoms with Crippen LogP contribution in [0.3, 0.4) is 0 Å². The molecule has 0 aromatic heterocycles. The molecule has 7 nitrogen and oxygen atoms in total. The molecule has 1 amide bonds. The SMILES string of the molecule is CCCCC/C=C\CCC(CCC(=O)N1CCC(C)C(CC(O)CN(CCCCCCCCC)CCCCCCCC(=O)OC)CC1)C(C)CCN(CC/C=C\CCCCC)CC/C=C\CCCCC. The molecule has 70 heavy (non-hydrogen) atoms. The summed E-state index contributed by atoms with van der Waals surface area (Å²) in [5.41, 5.74) is 0. The molecule has 1 aliphatic rings. The van der Waals surface area contributed by atoms with Gasteiger partial charge in [0, 0.05) is 45.6 Å². The first-order valence-electron chi connectivity index (χ1n) is 30.6. The molecule has 1 rings (SSSR count). The van der Waals surface area contributed by atoms with Crippen LogP contribution in [-0.4, -0.2) is 97.3 Å². The minimum Gasteiger partial charge on any atom is -0.469 e. The van der Waals surface area contributed by atoms with Crippen molar-refractivity contribution >= 4 is 11.9 Å². The summed E-state index contributed by atoms with van der Waals surface area (Å²) in [6.07, 6.45) is 54.8. The van der Waals surface area contributed by atoms with Gasteiger partial charge in [-0.1, -0.05) is 174 Å².